The van der Waals surface area contributed by atoms with Gasteiger partial charge in [-0.15, -0.1) is 0 Å². The lowest BCUT2D eigenvalue weighted by molar-refractivity contribution is 0.0729. The predicted octanol–water partition coefficient (Wildman–Crippen LogP) is 4.31. The van der Waals surface area contributed by atoms with Gasteiger partial charge in [0.05, 0.1) is 0 Å². The Balaban J connectivity index is 1.43. The fourth-order valence-corrected chi connectivity index (χ4v) is 3.83. The van der Waals surface area contributed by atoms with Gasteiger partial charge >= 0.3 is 0 Å². The van der Waals surface area contributed by atoms with E-state index in [0.717, 1.165) is 28.6 Å². The highest BCUT2D eigenvalue weighted by Gasteiger charge is 2.26. The SMILES string of the molecule is Cc1ccc(-c2cc(C(=O)N3CCc4[nH]c5ccc(Cl)cc5c4C3)n[nH]2)o1. The number of carbonyl (C=O) groups is 1. The Morgan fingerprint density at radius 3 is 2.96 bits per heavy atom. The number of aromatic amines is 2. The van der Waals surface area contributed by atoms with Crippen LogP contribution in [-0.4, -0.2) is 32.5 Å². The summed E-state index contributed by atoms with van der Waals surface area (Å²) in [5.41, 5.74) is 4.44. The Hall–Kier alpha value is -2.99. The van der Waals surface area contributed by atoms with E-state index in [9.17, 15) is 4.79 Å². The lowest BCUT2D eigenvalue weighted by Crippen LogP contribution is -2.36. The molecule has 3 aromatic heterocycles. The van der Waals surface area contributed by atoms with Gasteiger partial charge in [-0.1, -0.05) is 11.6 Å². The van der Waals surface area contributed by atoms with Gasteiger partial charge in [-0.25, -0.2) is 0 Å². The summed E-state index contributed by atoms with van der Waals surface area (Å²) in [7, 11) is 0. The van der Waals surface area contributed by atoms with E-state index in [1.54, 1.807) is 6.07 Å². The molecule has 0 unspecified atom stereocenters. The number of amides is 1. The molecule has 1 aliphatic heterocycles. The fourth-order valence-electron chi connectivity index (χ4n) is 3.66. The Morgan fingerprint density at radius 1 is 1.26 bits per heavy atom. The second-order valence-corrected chi connectivity index (χ2v) is 7.26. The van der Waals surface area contributed by atoms with Crippen molar-refractivity contribution in [3.63, 3.8) is 0 Å². The van der Waals surface area contributed by atoms with Crippen molar-refractivity contribution in [2.45, 2.75) is 19.9 Å². The van der Waals surface area contributed by atoms with Gasteiger partial charge in [0.15, 0.2) is 11.5 Å². The number of halogens is 1. The van der Waals surface area contributed by atoms with E-state index in [4.69, 9.17) is 16.0 Å². The number of aryl methyl sites for hydroxylation is 1. The fraction of sp³-hybridized carbons (Fsp3) is 0.200. The molecule has 1 amide bonds. The van der Waals surface area contributed by atoms with Crippen LogP contribution < -0.4 is 0 Å². The molecular weight excluding hydrogens is 364 g/mol. The van der Waals surface area contributed by atoms with Crippen molar-refractivity contribution >= 4 is 28.4 Å². The first-order chi connectivity index (χ1) is 13.1. The summed E-state index contributed by atoms with van der Waals surface area (Å²) >= 11 is 6.16. The first kappa shape index (κ1) is 16.2. The number of H-pyrrole nitrogens is 2. The number of carbonyl (C=O) groups excluding carboxylic acids is 1. The van der Waals surface area contributed by atoms with Crippen LogP contribution in [-0.2, 0) is 13.0 Å². The van der Waals surface area contributed by atoms with Gasteiger partial charge in [-0.05, 0) is 37.3 Å². The topological polar surface area (TPSA) is 77.9 Å². The van der Waals surface area contributed by atoms with Crippen LogP contribution in [0, 0.1) is 6.92 Å². The highest BCUT2D eigenvalue weighted by atomic mass is 35.5. The van der Waals surface area contributed by atoms with Crippen LogP contribution in [0.25, 0.3) is 22.4 Å². The minimum atomic E-state index is -0.0946. The van der Waals surface area contributed by atoms with Crippen molar-refractivity contribution in [2.24, 2.45) is 0 Å². The number of rotatable bonds is 2. The smallest absolute Gasteiger partial charge is 0.274 e. The number of aromatic nitrogens is 3. The number of furan rings is 1. The molecule has 0 spiro atoms. The Kier molecular flexibility index (Phi) is 3.62. The molecule has 5 rings (SSSR count). The molecule has 6 nitrogen and oxygen atoms in total. The summed E-state index contributed by atoms with van der Waals surface area (Å²) in [6.45, 7) is 3.07. The quantitative estimate of drug-likeness (QED) is 0.544. The lowest BCUT2D eigenvalue weighted by atomic mass is 10.0. The summed E-state index contributed by atoms with van der Waals surface area (Å²) in [6.07, 6.45) is 0.780. The molecule has 0 bridgehead atoms. The molecule has 27 heavy (non-hydrogen) atoms. The summed E-state index contributed by atoms with van der Waals surface area (Å²) in [5.74, 6) is 1.39. The Morgan fingerprint density at radius 2 is 2.15 bits per heavy atom. The van der Waals surface area contributed by atoms with Gasteiger partial charge in [-0.3, -0.25) is 9.89 Å². The molecule has 1 aliphatic rings. The second kappa shape index (κ2) is 6.03. The van der Waals surface area contributed by atoms with Gasteiger partial charge < -0.3 is 14.3 Å². The molecule has 0 aliphatic carbocycles. The summed E-state index contributed by atoms with van der Waals surface area (Å²) in [5, 5.41) is 8.85. The number of benzene rings is 1. The first-order valence-electron chi connectivity index (χ1n) is 8.79. The van der Waals surface area contributed by atoms with Crippen LogP contribution in [0.1, 0.15) is 27.5 Å². The van der Waals surface area contributed by atoms with Gasteiger partial charge in [-0.2, -0.15) is 5.10 Å². The van der Waals surface area contributed by atoms with Crippen LogP contribution in [0.5, 0.6) is 0 Å². The number of nitrogens with one attached hydrogen (secondary N) is 2. The monoisotopic (exact) mass is 380 g/mol. The highest BCUT2D eigenvalue weighted by Crippen LogP contribution is 2.30. The summed E-state index contributed by atoms with van der Waals surface area (Å²) < 4.78 is 5.59. The Labute approximate surface area is 160 Å². The minimum absolute atomic E-state index is 0.0946. The second-order valence-electron chi connectivity index (χ2n) is 6.83. The molecule has 2 N–H and O–H groups in total. The average molecular weight is 381 g/mol. The molecule has 0 radical (unpaired) electrons. The molecular formula is C20H17ClN4O2. The largest absolute Gasteiger partial charge is 0.460 e. The van der Waals surface area contributed by atoms with Crippen molar-refractivity contribution in [3.8, 4) is 11.5 Å². The lowest BCUT2D eigenvalue weighted by Gasteiger charge is -2.26. The van der Waals surface area contributed by atoms with E-state index < -0.39 is 0 Å². The van der Waals surface area contributed by atoms with E-state index >= 15 is 0 Å². The maximum Gasteiger partial charge on any atom is 0.274 e. The van der Waals surface area contributed by atoms with E-state index in [1.165, 1.54) is 5.69 Å². The van der Waals surface area contributed by atoms with Gasteiger partial charge in [0, 0.05) is 52.8 Å². The minimum Gasteiger partial charge on any atom is -0.460 e. The molecule has 0 fully saturated rings. The third-order valence-corrected chi connectivity index (χ3v) is 5.26. The molecule has 136 valence electrons. The normalized spacial score (nSPS) is 13.9. The van der Waals surface area contributed by atoms with Crippen molar-refractivity contribution in [1.29, 1.82) is 0 Å². The van der Waals surface area contributed by atoms with E-state index in [1.807, 2.05) is 42.2 Å². The first-order valence-corrected chi connectivity index (χ1v) is 9.17. The highest BCUT2D eigenvalue weighted by molar-refractivity contribution is 6.31. The molecule has 0 saturated heterocycles. The zero-order valence-corrected chi connectivity index (χ0v) is 15.4. The summed E-state index contributed by atoms with van der Waals surface area (Å²) in [6, 6.07) is 11.3. The number of hydrogen-bond acceptors (Lipinski definition) is 3. The van der Waals surface area contributed by atoms with Crippen molar-refractivity contribution in [3.05, 3.63) is 64.1 Å². The molecule has 4 heterocycles. The molecule has 0 saturated carbocycles. The zero-order chi connectivity index (χ0) is 18.5. The summed E-state index contributed by atoms with van der Waals surface area (Å²) in [4.78, 5) is 18.2. The van der Waals surface area contributed by atoms with Gasteiger partial charge in [0.1, 0.15) is 11.5 Å². The van der Waals surface area contributed by atoms with E-state index in [0.29, 0.717) is 35.3 Å². The predicted molar refractivity (Wildman–Crippen MR) is 103 cm³/mol. The third-order valence-electron chi connectivity index (χ3n) is 5.03. The van der Waals surface area contributed by atoms with E-state index in [2.05, 4.69) is 15.2 Å². The molecule has 1 aromatic carbocycles. The van der Waals surface area contributed by atoms with Crippen LogP contribution in [0.4, 0.5) is 0 Å². The number of hydrogen-bond donors (Lipinski definition) is 2. The van der Waals surface area contributed by atoms with Crippen LogP contribution in [0.2, 0.25) is 5.02 Å². The standard InChI is InChI=1S/C20H17ClN4O2/c1-11-2-5-19(27-11)17-9-18(24-23-17)20(26)25-7-6-16-14(10-25)13-8-12(21)3-4-15(13)22-16/h2-5,8-9,22H,6-7,10H2,1H3,(H,23,24). The average Bonchev–Trinajstić information content (AvgIpc) is 3.38. The van der Waals surface area contributed by atoms with Crippen molar-refractivity contribution in [2.75, 3.05) is 6.54 Å². The van der Waals surface area contributed by atoms with Crippen molar-refractivity contribution in [1.82, 2.24) is 20.1 Å². The number of nitrogens with zero attached hydrogens (tertiary/aromatic N) is 2. The molecule has 7 heteroatoms. The van der Waals surface area contributed by atoms with Crippen LogP contribution >= 0.6 is 11.6 Å². The maximum absolute atomic E-state index is 13.0. The van der Waals surface area contributed by atoms with Crippen molar-refractivity contribution < 1.29 is 9.21 Å². The number of fused-ring (bicyclic) bond motifs is 3. The Bertz CT molecular complexity index is 1170. The van der Waals surface area contributed by atoms with Crippen LogP contribution in [0.3, 0.4) is 0 Å². The maximum atomic E-state index is 13.0. The molecule has 4 aromatic rings. The molecule has 0 atom stereocenters. The third kappa shape index (κ3) is 2.73. The zero-order valence-electron chi connectivity index (χ0n) is 14.7. The van der Waals surface area contributed by atoms with Crippen LogP contribution in [0.15, 0.2) is 40.8 Å². The van der Waals surface area contributed by atoms with Gasteiger partial charge in [0.25, 0.3) is 5.91 Å². The van der Waals surface area contributed by atoms with E-state index in [-0.39, 0.29) is 5.91 Å². The van der Waals surface area contributed by atoms with Gasteiger partial charge in [0.2, 0.25) is 0 Å².